The Balaban J connectivity index is 3.07. The number of carbonyl (C=O) groups is 1. The lowest BCUT2D eigenvalue weighted by Gasteiger charge is -2.12. The molecule has 15 heavy (non-hydrogen) atoms. The van der Waals surface area contributed by atoms with E-state index in [1.54, 1.807) is 12.1 Å². The number of methoxy groups -OCH3 is 1. The maximum Gasteiger partial charge on any atom is 0.409 e. The topological polar surface area (TPSA) is 58.6 Å². The highest BCUT2D eigenvalue weighted by Crippen LogP contribution is 2.28. The largest absolute Gasteiger partial charge is 0.495 e. The van der Waals surface area contributed by atoms with Crippen molar-refractivity contribution in [3.05, 3.63) is 23.8 Å². The lowest BCUT2D eigenvalue weighted by Crippen LogP contribution is -2.09. The van der Waals surface area contributed by atoms with Gasteiger partial charge in [0.05, 0.1) is 12.8 Å². The van der Waals surface area contributed by atoms with Gasteiger partial charge in [-0.2, -0.15) is 0 Å². The van der Waals surface area contributed by atoms with Crippen LogP contribution >= 0.6 is 0 Å². The molecule has 0 bridgehead atoms. The van der Waals surface area contributed by atoms with Crippen molar-refractivity contribution < 1.29 is 14.6 Å². The standard InChI is InChI=1S/C11H15NO3/c1-7(2)8-4-5-10(15-3)9(6-8)12-11(13)14/h4-7,12H,1-3H3,(H,13,14). The maximum absolute atomic E-state index is 10.6. The molecule has 0 heterocycles. The van der Waals surface area contributed by atoms with Crippen molar-refractivity contribution in [2.24, 2.45) is 0 Å². The second-order valence-corrected chi connectivity index (χ2v) is 3.54. The highest BCUT2D eigenvalue weighted by atomic mass is 16.5. The molecule has 4 heteroatoms. The van der Waals surface area contributed by atoms with Crippen molar-refractivity contribution in [3.8, 4) is 5.75 Å². The molecular formula is C11H15NO3. The Bertz CT molecular complexity index is 361. The van der Waals surface area contributed by atoms with E-state index in [0.29, 0.717) is 17.4 Å². The van der Waals surface area contributed by atoms with E-state index in [9.17, 15) is 4.79 Å². The normalized spacial score (nSPS) is 10.1. The quantitative estimate of drug-likeness (QED) is 0.804. The molecule has 0 aliphatic heterocycles. The zero-order chi connectivity index (χ0) is 11.4. The molecule has 0 radical (unpaired) electrons. The van der Waals surface area contributed by atoms with Crippen LogP contribution in [0.15, 0.2) is 18.2 Å². The molecule has 0 spiro atoms. The molecule has 1 aromatic carbocycles. The zero-order valence-corrected chi connectivity index (χ0v) is 9.07. The molecule has 1 rings (SSSR count). The lowest BCUT2D eigenvalue weighted by atomic mass is 10.0. The van der Waals surface area contributed by atoms with Gasteiger partial charge in [-0.1, -0.05) is 19.9 Å². The molecule has 0 unspecified atom stereocenters. The van der Waals surface area contributed by atoms with Crippen molar-refractivity contribution in [3.63, 3.8) is 0 Å². The molecule has 4 nitrogen and oxygen atoms in total. The van der Waals surface area contributed by atoms with Crippen LogP contribution in [0.4, 0.5) is 10.5 Å². The summed E-state index contributed by atoms with van der Waals surface area (Å²) in [5.41, 5.74) is 1.55. The van der Waals surface area contributed by atoms with Gasteiger partial charge < -0.3 is 9.84 Å². The predicted molar refractivity (Wildman–Crippen MR) is 58.7 cm³/mol. The minimum Gasteiger partial charge on any atom is -0.495 e. The smallest absolute Gasteiger partial charge is 0.409 e. The maximum atomic E-state index is 10.6. The fourth-order valence-corrected chi connectivity index (χ4v) is 1.30. The SMILES string of the molecule is COc1ccc(C(C)C)cc1NC(=O)O. The molecular weight excluding hydrogens is 194 g/mol. The van der Waals surface area contributed by atoms with Crippen LogP contribution in [0.1, 0.15) is 25.3 Å². The Morgan fingerprint density at radius 1 is 1.47 bits per heavy atom. The van der Waals surface area contributed by atoms with E-state index >= 15 is 0 Å². The lowest BCUT2D eigenvalue weighted by molar-refractivity contribution is 0.209. The van der Waals surface area contributed by atoms with E-state index in [1.165, 1.54) is 7.11 Å². The summed E-state index contributed by atoms with van der Waals surface area (Å²) in [6.07, 6.45) is -1.09. The Morgan fingerprint density at radius 3 is 2.60 bits per heavy atom. The van der Waals surface area contributed by atoms with Crippen LogP contribution in [0.25, 0.3) is 0 Å². The number of nitrogens with one attached hydrogen (secondary N) is 1. The third-order valence-electron chi connectivity index (χ3n) is 2.13. The van der Waals surface area contributed by atoms with Crippen LogP contribution in [0.2, 0.25) is 0 Å². The zero-order valence-electron chi connectivity index (χ0n) is 9.07. The van der Waals surface area contributed by atoms with Gasteiger partial charge in [0.1, 0.15) is 5.75 Å². The number of anilines is 1. The van der Waals surface area contributed by atoms with Crippen LogP contribution in [0, 0.1) is 0 Å². The summed E-state index contributed by atoms with van der Waals surface area (Å²) in [6.45, 7) is 4.10. The van der Waals surface area contributed by atoms with Gasteiger partial charge >= 0.3 is 6.09 Å². The molecule has 0 aliphatic rings. The number of hydrogen-bond acceptors (Lipinski definition) is 2. The first-order valence-corrected chi connectivity index (χ1v) is 4.72. The third-order valence-corrected chi connectivity index (χ3v) is 2.13. The van der Waals surface area contributed by atoms with Gasteiger partial charge in [-0.25, -0.2) is 4.79 Å². The molecule has 2 N–H and O–H groups in total. The summed E-state index contributed by atoms with van der Waals surface area (Å²) in [6, 6.07) is 5.48. The van der Waals surface area contributed by atoms with E-state index in [4.69, 9.17) is 9.84 Å². The molecule has 1 aromatic rings. The summed E-state index contributed by atoms with van der Waals surface area (Å²) in [4.78, 5) is 10.6. The van der Waals surface area contributed by atoms with Crippen molar-refractivity contribution in [1.82, 2.24) is 0 Å². The van der Waals surface area contributed by atoms with Crippen molar-refractivity contribution >= 4 is 11.8 Å². The number of carboxylic acid groups (broad SMARTS) is 1. The Hall–Kier alpha value is -1.71. The summed E-state index contributed by atoms with van der Waals surface area (Å²) in [5, 5.41) is 11.0. The second-order valence-electron chi connectivity index (χ2n) is 3.54. The third kappa shape index (κ3) is 2.87. The van der Waals surface area contributed by atoms with Crippen LogP contribution in [-0.2, 0) is 0 Å². The predicted octanol–water partition coefficient (Wildman–Crippen LogP) is 2.91. The Morgan fingerprint density at radius 2 is 2.13 bits per heavy atom. The van der Waals surface area contributed by atoms with E-state index in [-0.39, 0.29) is 0 Å². The van der Waals surface area contributed by atoms with Gasteiger partial charge in [0.15, 0.2) is 0 Å². The number of rotatable bonds is 3. The Labute approximate surface area is 88.9 Å². The van der Waals surface area contributed by atoms with Gasteiger partial charge in [-0.05, 0) is 23.6 Å². The molecule has 0 saturated heterocycles. The van der Waals surface area contributed by atoms with Crippen LogP contribution < -0.4 is 10.1 Å². The molecule has 1 amide bonds. The first kappa shape index (κ1) is 11.4. The van der Waals surface area contributed by atoms with Gasteiger partial charge in [0.25, 0.3) is 0 Å². The monoisotopic (exact) mass is 209 g/mol. The van der Waals surface area contributed by atoms with Crippen molar-refractivity contribution in [2.45, 2.75) is 19.8 Å². The minimum absolute atomic E-state index is 0.352. The van der Waals surface area contributed by atoms with E-state index in [0.717, 1.165) is 5.56 Å². The van der Waals surface area contributed by atoms with Gasteiger partial charge in [-0.3, -0.25) is 5.32 Å². The summed E-state index contributed by atoms with van der Waals surface area (Å²) in [5.74, 6) is 0.882. The molecule has 0 aromatic heterocycles. The fourth-order valence-electron chi connectivity index (χ4n) is 1.30. The van der Waals surface area contributed by atoms with Crippen LogP contribution in [-0.4, -0.2) is 18.3 Å². The van der Waals surface area contributed by atoms with Crippen molar-refractivity contribution in [2.75, 3.05) is 12.4 Å². The number of ether oxygens (including phenoxy) is 1. The highest BCUT2D eigenvalue weighted by Gasteiger charge is 2.08. The minimum atomic E-state index is -1.09. The van der Waals surface area contributed by atoms with Crippen LogP contribution in [0.3, 0.4) is 0 Å². The second kappa shape index (κ2) is 4.68. The summed E-state index contributed by atoms with van der Waals surface area (Å²) >= 11 is 0. The molecule has 0 fully saturated rings. The molecule has 82 valence electrons. The van der Waals surface area contributed by atoms with Crippen LogP contribution in [0.5, 0.6) is 5.75 Å². The first-order valence-electron chi connectivity index (χ1n) is 4.72. The average Bonchev–Trinajstić information content (AvgIpc) is 2.16. The van der Waals surface area contributed by atoms with Gasteiger partial charge in [0, 0.05) is 0 Å². The number of benzene rings is 1. The number of hydrogen-bond donors (Lipinski definition) is 2. The Kier molecular flexibility index (Phi) is 3.55. The van der Waals surface area contributed by atoms with Gasteiger partial charge in [0.2, 0.25) is 0 Å². The summed E-state index contributed by atoms with van der Waals surface area (Å²) in [7, 11) is 1.51. The summed E-state index contributed by atoms with van der Waals surface area (Å²) < 4.78 is 5.06. The van der Waals surface area contributed by atoms with E-state index in [1.807, 2.05) is 19.9 Å². The average molecular weight is 209 g/mol. The van der Waals surface area contributed by atoms with E-state index < -0.39 is 6.09 Å². The molecule has 0 atom stereocenters. The first-order chi connectivity index (χ1) is 7.04. The van der Waals surface area contributed by atoms with Crippen molar-refractivity contribution in [1.29, 1.82) is 0 Å². The fraction of sp³-hybridized carbons (Fsp3) is 0.364. The highest BCUT2D eigenvalue weighted by molar-refractivity contribution is 5.85. The van der Waals surface area contributed by atoms with Gasteiger partial charge in [-0.15, -0.1) is 0 Å². The molecule has 0 aliphatic carbocycles. The number of amides is 1. The van der Waals surface area contributed by atoms with E-state index in [2.05, 4.69) is 5.32 Å². The molecule has 0 saturated carbocycles.